The molecule has 5 rings (SSSR count). The highest BCUT2D eigenvalue weighted by Crippen LogP contribution is 2.33. The number of nitrogens with zero attached hydrogens (tertiary/aromatic N) is 4. The van der Waals surface area contributed by atoms with Crippen LogP contribution in [-0.2, 0) is 10.9 Å². The standard InChI is InChI=1S/C28H23F3N4O2/c1-32-23-8-4-21(5-9-23)27(36)34(18-19-11-14-37-15-12-19)24-10-13-35-26(16-24)25(17-33-35)20-2-6-22(7-3-20)28(29,30)31/h2-10,13,16-17,19H,11-12,14-15,18H2. The van der Waals surface area contributed by atoms with E-state index in [9.17, 15) is 18.0 Å². The van der Waals surface area contributed by atoms with Gasteiger partial charge in [-0.1, -0.05) is 36.4 Å². The normalized spacial score (nSPS) is 14.4. The number of carbonyl (C=O) groups excluding carboxylic acids is 1. The molecule has 0 bridgehead atoms. The lowest BCUT2D eigenvalue weighted by atomic mass is 9.98. The molecule has 0 aliphatic carbocycles. The van der Waals surface area contributed by atoms with E-state index in [1.807, 2.05) is 6.07 Å². The predicted molar refractivity (Wildman–Crippen MR) is 134 cm³/mol. The van der Waals surface area contributed by atoms with Gasteiger partial charge in [0.2, 0.25) is 0 Å². The second-order valence-corrected chi connectivity index (χ2v) is 8.98. The Labute approximate surface area is 211 Å². The van der Waals surface area contributed by atoms with Crippen LogP contribution in [0.2, 0.25) is 0 Å². The van der Waals surface area contributed by atoms with E-state index in [-0.39, 0.29) is 11.8 Å². The number of hydrogen-bond donors (Lipinski definition) is 0. The van der Waals surface area contributed by atoms with Gasteiger partial charge in [-0.2, -0.15) is 18.3 Å². The predicted octanol–water partition coefficient (Wildman–Crippen LogP) is 6.64. The minimum absolute atomic E-state index is 0.192. The third-order valence-corrected chi connectivity index (χ3v) is 6.61. The van der Waals surface area contributed by atoms with Gasteiger partial charge in [0.1, 0.15) is 0 Å². The summed E-state index contributed by atoms with van der Waals surface area (Å²) < 4.78 is 46.2. The van der Waals surface area contributed by atoms with Crippen molar-refractivity contribution in [2.45, 2.75) is 19.0 Å². The van der Waals surface area contributed by atoms with Gasteiger partial charge < -0.3 is 9.64 Å². The Kier molecular flexibility index (Phi) is 6.68. The van der Waals surface area contributed by atoms with Gasteiger partial charge in [0.05, 0.1) is 23.8 Å². The number of alkyl halides is 3. The number of anilines is 1. The first kappa shape index (κ1) is 24.5. The summed E-state index contributed by atoms with van der Waals surface area (Å²) in [4.78, 5) is 18.8. The van der Waals surface area contributed by atoms with Gasteiger partial charge in [0.25, 0.3) is 5.91 Å². The van der Waals surface area contributed by atoms with Crippen LogP contribution in [-0.4, -0.2) is 35.3 Å². The Hall–Kier alpha value is -4.16. The number of pyridine rings is 1. The highest BCUT2D eigenvalue weighted by molar-refractivity contribution is 6.06. The third kappa shape index (κ3) is 5.20. The molecule has 2 aromatic heterocycles. The van der Waals surface area contributed by atoms with Crippen LogP contribution in [0.4, 0.5) is 24.5 Å². The molecule has 0 unspecified atom stereocenters. The number of benzene rings is 2. The smallest absolute Gasteiger partial charge is 0.381 e. The van der Waals surface area contributed by atoms with Gasteiger partial charge in [0.15, 0.2) is 5.69 Å². The third-order valence-electron chi connectivity index (χ3n) is 6.61. The summed E-state index contributed by atoms with van der Waals surface area (Å²) in [7, 11) is 0. The van der Waals surface area contributed by atoms with E-state index in [2.05, 4.69) is 9.94 Å². The van der Waals surface area contributed by atoms with Crippen LogP contribution in [0.1, 0.15) is 28.8 Å². The largest absolute Gasteiger partial charge is 0.416 e. The summed E-state index contributed by atoms with van der Waals surface area (Å²) in [5, 5.41) is 4.35. The van der Waals surface area contributed by atoms with E-state index >= 15 is 0 Å². The summed E-state index contributed by atoms with van der Waals surface area (Å²) in [5.74, 6) is 0.0682. The molecule has 3 heterocycles. The summed E-state index contributed by atoms with van der Waals surface area (Å²) in [6, 6.07) is 15.1. The van der Waals surface area contributed by atoms with Crippen LogP contribution >= 0.6 is 0 Å². The molecular formula is C28H23F3N4O2. The maximum Gasteiger partial charge on any atom is 0.416 e. The van der Waals surface area contributed by atoms with Gasteiger partial charge in [-0.25, -0.2) is 9.36 Å². The number of aromatic nitrogens is 2. The molecule has 9 heteroatoms. The molecule has 0 spiro atoms. The molecule has 0 N–H and O–H groups in total. The molecular weight excluding hydrogens is 481 g/mol. The Morgan fingerprint density at radius 1 is 1.08 bits per heavy atom. The van der Waals surface area contributed by atoms with Crippen molar-refractivity contribution in [2.24, 2.45) is 5.92 Å². The SMILES string of the molecule is [C-]#[N+]c1ccc(C(=O)N(CC2CCOCC2)c2ccn3ncc(-c4ccc(C(F)(F)F)cc4)c3c2)cc1. The number of halogens is 3. The zero-order valence-corrected chi connectivity index (χ0v) is 19.8. The summed E-state index contributed by atoms with van der Waals surface area (Å²) in [5.41, 5.74) is 2.79. The Morgan fingerprint density at radius 3 is 2.43 bits per heavy atom. The Morgan fingerprint density at radius 2 is 1.78 bits per heavy atom. The minimum atomic E-state index is -4.41. The minimum Gasteiger partial charge on any atom is -0.381 e. The van der Waals surface area contributed by atoms with Crippen molar-refractivity contribution in [3.05, 3.63) is 95.6 Å². The van der Waals surface area contributed by atoms with E-state index in [1.165, 1.54) is 12.1 Å². The first-order valence-corrected chi connectivity index (χ1v) is 11.9. The van der Waals surface area contributed by atoms with Gasteiger partial charge in [-0.15, -0.1) is 0 Å². The molecule has 1 fully saturated rings. The van der Waals surface area contributed by atoms with Crippen LogP contribution in [0.3, 0.4) is 0 Å². The molecule has 1 aliphatic heterocycles. The van der Waals surface area contributed by atoms with E-state index in [0.717, 1.165) is 25.0 Å². The molecule has 1 aliphatic rings. The monoisotopic (exact) mass is 504 g/mol. The molecule has 4 aromatic rings. The summed E-state index contributed by atoms with van der Waals surface area (Å²) in [6.45, 7) is 8.94. The fourth-order valence-electron chi connectivity index (χ4n) is 4.53. The Bertz CT molecular complexity index is 1450. The van der Waals surface area contributed by atoms with Crippen molar-refractivity contribution in [3.63, 3.8) is 0 Å². The first-order valence-electron chi connectivity index (χ1n) is 11.9. The molecule has 37 heavy (non-hydrogen) atoms. The summed E-state index contributed by atoms with van der Waals surface area (Å²) in [6.07, 6.45) is 0.614. The molecule has 1 saturated heterocycles. The molecule has 0 radical (unpaired) electrons. The highest BCUT2D eigenvalue weighted by atomic mass is 19.4. The second-order valence-electron chi connectivity index (χ2n) is 8.98. The van der Waals surface area contributed by atoms with Crippen LogP contribution in [0, 0.1) is 12.5 Å². The number of amides is 1. The second kappa shape index (κ2) is 10.1. The Balaban J connectivity index is 1.53. The number of carbonyl (C=O) groups is 1. The lowest BCUT2D eigenvalue weighted by Crippen LogP contribution is -2.37. The van der Waals surface area contributed by atoms with Crippen molar-refractivity contribution >= 4 is 22.8 Å². The van der Waals surface area contributed by atoms with Crippen molar-refractivity contribution in [1.82, 2.24) is 9.61 Å². The van der Waals surface area contributed by atoms with Crippen molar-refractivity contribution in [1.29, 1.82) is 0 Å². The fraction of sp³-hybridized carbons (Fsp3) is 0.250. The van der Waals surface area contributed by atoms with E-state index in [1.54, 1.807) is 52.1 Å². The number of fused-ring (bicyclic) bond motifs is 1. The first-order chi connectivity index (χ1) is 17.8. The van der Waals surface area contributed by atoms with Crippen LogP contribution in [0.5, 0.6) is 0 Å². The molecule has 0 saturated carbocycles. The number of ether oxygens (including phenoxy) is 1. The maximum atomic E-state index is 13.7. The average Bonchev–Trinajstić information content (AvgIpc) is 3.35. The van der Waals surface area contributed by atoms with Gasteiger partial charge in [-0.05, 0) is 48.6 Å². The van der Waals surface area contributed by atoms with Gasteiger partial charge in [-0.3, -0.25) is 4.79 Å². The van der Waals surface area contributed by atoms with E-state index < -0.39 is 11.7 Å². The van der Waals surface area contributed by atoms with Gasteiger partial charge in [0, 0.05) is 42.8 Å². The van der Waals surface area contributed by atoms with Crippen LogP contribution in [0.15, 0.2) is 73.1 Å². The zero-order chi connectivity index (χ0) is 26.0. The number of hydrogen-bond acceptors (Lipinski definition) is 3. The lowest BCUT2D eigenvalue weighted by molar-refractivity contribution is -0.137. The zero-order valence-electron chi connectivity index (χ0n) is 19.8. The fourth-order valence-corrected chi connectivity index (χ4v) is 4.53. The molecule has 2 aromatic carbocycles. The van der Waals surface area contributed by atoms with Crippen molar-refractivity contribution in [3.8, 4) is 11.1 Å². The number of rotatable bonds is 5. The summed E-state index contributed by atoms with van der Waals surface area (Å²) >= 11 is 0. The van der Waals surface area contributed by atoms with E-state index in [0.29, 0.717) is 53.3 Å². The van der Waals surface area contributed by atoms with Crippen molar-refractivity contribution < 1.29 is 22.7 Å². The highest BCUT2D eigenvalue weighted by Gasteiger charge is 2.30. The lowest BCUT2D eigenvalue weighted by Gasteiger charge is -2.30. The molecule has 188 valence electrons. The maximum absolute atomic E-state index is 13.7. The molecule has 1 amide bonds. The van der Waals surface area contributed by atoms with Crippen LogP contribution in [0.25, 0.3) is 21.5 Å². The molecule has 0 atom stereocenters. The topological polar surface area (TPSA) is 51.2 Å². The average molecular weight is 505 g/mol. The van der Waals surface area contributed by atoms with E-state index in [4.69, 9.17) is 11.3 Å². The molecule has 6 nitrogen and oxygen atoms in total. The van der Waals surface area contributed by atoms with Crippen LogP contribution < -0.4 is 4.90 Å². The quantitative estimate of drug-likeness (QED) is 0.286. The van der Waals surface area contributed by atoms with Gasteiger partial charge >= 0.3 is 6.18 Å². The van der Waals surface area contributed by atoms with Crippen molar-refractivity contribution in [2.75, 3.05) is 24.7 Å².